The van der Waals surface area contributed by atoms with Crippen molar-refractivity contribution < 1.29 is 4.39 Å². The predicted octanol–water partition coefficient (Wildman–Crippen LogP) is 1.18. The number of nitrogens with zero attached hydrogens (tertiary/aromatic N) is 3. The standard InChI is InChI=1S/C7H6FN3/c1-5-6-2-3-10-11(6)7(8)4-9-5/h2-4H,1H3. The lowest BCUT2D eigenvalue weighted by Crippen LogP contribution is -1.97. The fourth-order valence-corrected chi connectivity index (χ4v) is 1.02. The highest BCUT2D eigenvalue weighted by Crippen LogP contribution is 2.06. The molecular weight excluding hydrogens is 145 g/mol. The van der Waals surface area contributed by atoms with E-state index in [0.717, 1.165) is 11.9 Å². The summed E-state index contributed by atoms with van der Waals surface area (Å²) in [4.78, 5) is 3.84. The van der Waals surface area contributed by atoms with Crippen LogP contribution in [0.1, 0.15) is 5.69 Å². The summed E-state index contributed by atoms with van der Waals surface area (Å²) < 4.78 is 14.1. The van der Waals surface area contributed by atoms with Gasteiger partial charge in [-0.3, -0.25) is 4.98 Å². The number of fused-ring (bicyclic) bond motifs is 1. The van der Waals surface area contributed by atoms with Crippen LogP contribution in [-0.2, 0) is 0 Å². The molecule has 0 aliphatic rings. The summed E-state index contributed by atoms with van der Waals surface area (Å²) in [6.45, 7) is 1.82. The molecule has 4 heteroatoms. The van der Waals surface area contributed by atoms with Crippen LogP contribution in [0.15, 0.2) is 18.5 Å². The fraction of sp³-hybridized carbons (Fsp3) is 0.143. The first-order valence-corrected chi connectivity index (χ1v) is 3.24. The first-order chi connectivity index (χ1) is 5.29. The van der Waals surface area contributed by atoms with Gasteiger partial charge in [-0.1, -0.05) is 0 Å². The fourth-order valence-electron chi connectivity index (χ4n) is 1.02. The van der Waals surface area contributed by atoms with E-state index >= 15 is 0 Å². The number of aromatic nitrogens is 3. The molecular formula is C7H6FN3. The molecule has 0 amide bonds. The highest BCUT2D eigenvalue weighted by Gasteiger charge is 2.02. The zero-order valence-electron chi connectivity index (χ0n) is 5.95. The van der Waals surface area contributed by atoms with Crippen molar-refractivity contribution in [3.8, 4) is 0 Å². The van der Waals surface area contributed by atoms with Crippen LogP contribution >= 0.6 is 0 Å². The number of hydrogen-bond donors (Lipinski definition) is 0. The van der Waals surface area contributed by atoms with Gasteiger partial charge in [0.15, 0.2) is 0 Å². The van der Waals surface area contributed by atoms with E-state index in [-0.39, 0.29) is 0 Å². The second-order valence-corrected chi connectivity index (χ2v) is 2.29. The van der Waals surface area contributed by atoms with Crippen LogP contribution < -0.4 is 0 Å². The normalized spacial score (nSPS) is 10.7. The van der Waals surface area contributed by atoms with Gasteiger partial charge in [-0.05, 0) is 13.0 Å². The summed E-state index contributed by atoms with van der Waals surface area (Å²) in [5.41, 5.74) is 1.49. The topological polar surface area (TPSA) is 30.2 Å². The molecule has 11 heavy (non-hydrogen) atoms. The predicted molar refractivity (Wildman–Crippen MR) is 37.7 cm³/mol. The molecule has 0 unspecified atom stereocenters. The monoisotopic (exact) mass is 151 g/mol. The lowest BCUT2D eigenvalue weighted by atomic mass is 10.4. The Kier molecular flexibility index (Phi) is 1.15. The van der Waals surface area contributed by atoms with Crippen molar-refractivity contribution in [2.75, 3.05) is 0 Å². The molecule has 0 bridgehead atoms. The molecule has 0 N–H and O–H groups in total. The molecule has 0 aromatic carbocycles. The van der Waals surface area contributed by atoms with E-state index in [4.69, 9.17) is 0 Å². The molecule has 2 aromatic heterocycles. The van der Waals surface area contributed by atoms with Crippen molar-refractivity contribution in [3.05, 3.63) is 30.1 Å². The summed E-state index contributed by atoms with van der Waals surface area (Å²) in [5, 5.41) is 3.78. The van der Waals surface area contributed by atoms with E-state index in [0.29, 0.717) is 5.52 Å². The first-order valence-electron chi connectivity index (χ1n) is 3.24. The third-order valence-electron chi connectivity index (χ3n) is 1.58. The van der Waals surface area contributed by atoms with Crippen LogP contribution in [-0.4, -0.2) is 14.6 Å². The number of hydrogen-bond acceptors (Lipinski definition) is 2. The van der Waals surface area contributed by atoms with Crippen LogP contribution in [0.3, 0.4) is 0 Å². The second kappa shape index (κ2) is 2.02. The van der Waals surface area contributed by atoms with Gasteiger partial charge < -0.3 is 0 Å². The zero-order valence-corrected chi connectivity index (χ0v) is 5.95. The van der Waals surface area contributed by atoms with Crippen molar-refractivity contribution in [2.24, 2.45) is 0 Å². The maximum absolute atomic E-state index is 12.8. The minimum atomic E-state index is -0.435. The second-order valence-electron chi connectivity index (χ2n) is 2.29. The average Bonchev–Trinajstić information content (AvgIpc) is 2.45. The lowest BCUT2D eigenvalue weighted by molar-refractivity contribution is 0.537. The molecule has 0 saturated heterocycles. The van der Waals surface area contributed by atoms with Crippen molar-refractivity contribution >= 4 is 5.52 Å². The van der Waals surface area contributed by atoms with Crippen LogP contribution in [0, 0.1) is 12.9 Å². The van der Waals surface area contributed by atoms with Gasteiger partial charge in [0.25, 0.3) is 0 Å². The van der Waals surface area contributed by atoms with E-state index in [1.165, 1.54) is 4.52 Å². The molecule has 0 aliphatic heterocycles. The zero-order chi connectivity index (χ0) is 7.84. The van der Waals surface area contributed by atoms with E-state index < -0.39 is 5.95 Å². The molecule has 0 aliphatic carbocycles. The van der Waals surface area contributed by atoms with Gasteiger partial charge in [-0.2, -0.15) is 9.49 Å². The largest absolute Gasteiger partial charge is 0.255 e. The minimum Gasteiger partial charge on any atom is -0.255 e. The number of halogens is 1. The molecule has 56 valence electrons. The molecule has 0 spiro atoms. The number of aryl methyl sites for hydroxylation is 1. The van der Waals surface area contributed by atoms with Gasteiger partial charge in [0, 0.05) is 0 Å². The highest BCUT2D eigenvalue weighted by molar-refractivity contribution is 5.49. The van der Waals surface area contributed by atoms with Crippen LogP contribution in [0.25, 0.3) is 5.52 Å². The van der Waals surface area contributed by atoms with Crippen molar-refractivity contribution in [3.63, 3.8) is 0 Å². The molecule has 0 fully saturated rings. The van der Waals surface area contributed by atoms with Crippen LogP contribution in [0.4, 0.5) is 4.39 Å². The average molecular weight is 151 g/mol. The Morgan fingerprint density at radius 1 is 1.55 bits per heavy atom. The van der Waals surface area contributed by atoms with E-state index in [9.17, 15) is 4.39 Å². The maximum atomic E-state index is 12.8. The Balaban J connectivity index is 2.96. The van der Waals surface area contributed by atoms with Crippen molar-refractivity contribution in [1.82, 2.24) is 14.6 Å². The molecule has 0 radical (unpaired) electrons. The summed E-state index contributed by atoms with van der Waals surface area (Å²) in [7, 11) is 0. The Morgan fingerprint density at radius 3 is 3.09 bits per heavy atom. The van der Waals surface area contributed by atoms with Gasteiger partial charge in [-0.25, -0.2) is 4.52 Å². The SMILES string of the molecule is Cc1ncc(F)n2nccc12. The molecule has 2 rings (SSSR count). The Morgan fingerprint density at radius 2 is 2.36 bits per heavy atom. The summed E-state index contributed by atoms with van der Waals surface area (Å²) in [6.07, 6.45) is 2.71. The quantitative estimate of drug-likeness (QED) is 0.565. The lowest BCUT2D eigenvalue weighted by Gasteiger charge is -1.96. The van der Waals surface area contributed by atoms with E-state index in [1.807, 2.05) is 6.92 Å². The van der Waals surface area contributed by atoms with Gasteiger partial charge in [-0.15, -0.1) is 0 Å². The van der Waals surface area contributed by atoms with Crippen LogP contribution in [0.5, 0.6) is 0 Å². The third kappa shape index (κ3) is 0.790. The molecule has 3 nitrogen and oxygen atoms in total. The molecule has 0 atom stereocenters. The van der Waals surface area contributed by atoms with Crippen molar-refractivity contribution in [2.45, 2.75) is 6.92 Å². The minimum absolute atomic E-state index is 0.435. The van der Waals surface area contributed by atoms with E-state index in [2.05, 4.69) is 10.1 Å². The van der Waals surface area contributed by atoms with Gasteiger partial charge in [0.1, 0.15) is 0 Å². The number of rotatable bonds is 0. The molecule has 2 aromatic rings. The Labute approximate surface area is 62.5 Å². The Hall–Kier alpha value is -1.45. The van der Waals surface area contributed by atoms with Gasteiger partial charge >= 0.3 is 0 Å². The molecule has 0 saturated carbocycles. The Bertz CT molecular complexity index is 357. The summed E-state index contributed by atoms with van der Waals surface area (Å²) >= 11 is 0. The first kappa shape index (κ1) is 6.27. The summed E-state index contributed by atoms with van der Waals surface area (Å²) in [6, 6.07) is 1.73. The smallest absolute Gasteiger partial charge is 0.233 e. The third-order valence-corrected chi connectivity index (χ3v) is 1.58. The highest BCUT2D eigenvalue weighted by atomic mass is 19.1. The van der Waals surface area contributed by atoms with Crippen molar-refractivity contribution in [1.29, 1.82) is 0 Å². The molecule has 2 heterocycles. The van der Waals surface area contributed by atoms with Crippen LogP contribution in [0.2, 0.25) is 0 Å². The summed E-state index contributed by atoms with van der Waals surface area (Å²) in [5.74, 6) is -0.435. The maximum Gasteiger partial charge on any atom is 0.233 e. The van der Waals surface area contributed by atoms with Gasteiger partial charge in [0.05, 0.1) is 23.6 Å². The van der Waals surface area contributed by atoms with E-state index in [1.54, 1.807) is 12.3 Å². The van der Waals surface area contributed by atoms with Gasteiger partial charge in [0.2, 0.25) is 5.95 Å².